The van der Waals surface area contributed by atoms with Gasteiger partial charge < -0.3 is 22.9 Å². The lowest BCUT2D eigenvalue weighted by atomic mass is 9.98. The molecule has 0 aromatic heterocycles. The molecule has 2 aromatic carbocycles. The summed E-state index contributed by atoms with van der Waals surface area (Å²) in [6.07, 6.45) is 3.87. The Morgan fingerprint density at radius 1 is 0.625 bits per heavy atom. The lowest BCUT2D eigenvalue weighted by Crippen LogP contribution is -2.17. The maximum atomic E-state index is 12.9. The van der Waals surface area contributed by atoms with E-state index < -0.39 is 23.6 Å². The van der Waals surface area contributed by atoms with Gasteiger partial charge in [0.1, 0.15) is 0 Å². The Bertz CT molecular complexity index is 1160. The first kappa shape index (κ1) is 22.2. The number of hydrogen-bond acceptors (Lipinski definition) is 5. The molecule has 1 aliphatic rings. The predicted molar refractivity (Wildman–Crippen MR) is 117 cm³/mol. The van der Waals surface area contributed by atoms with E-state index >= 15 is 0 Å². The van der Waals surface area contributed by atoms with Crippen LogP contribution in [0.1, 0.15) is 65.4 Å². The standard InChI is InChI=1S/C23H20N4O5/c24-20(29)15-5-1-11(17(9-15)22(26)31)7-13-3-4-14(19(13)28)8-12-2-6-16(21(25)30)10-18(12)23(27)32/h1-2,5-10H,3-4H2,(H2,24,29)(H2,25,30)(H2,26,31)(H2,27,32). The van der Waals surface area contributed by atoms with E-state index in [1.807, 2.05) is 0 Å². The van der Waals surface area contributed by atoms with Crippen molar-refractivity contribution in [3.63, 3.8) is 0 Å². The van der Waals surface area contributed by atoms with Crippen molar-refractivity contribution in [1.29, 1.82) is 0 Å². The molecule has 0 aliphatic heterocycles. The molecular weight excluding hydrogens is 412 g/mol. The van der Waals surface area contributed by atoms with Gasteiger partial charge in [0.2, 0.25) is 23.6 Å². The molecule has 3 rings (SSSR count). The molecule has 0 radical (unpaired) electrons. The highest BCUT2D eigenvalue weighted by atomic mass is 16.2. The van der Waals surface area contributed by atoms with Crippen LogP contribution in [0.25, 0.3) is 12.2 Å². The fourth-order valence-electron chi connectivity index (χ4n) is 3.45. The second kappa shape index (κ2) is 8.68. The summed E-state index contributed by atoms with van der Waals surface area (Å²) in [5.74, 6) is -3.21. The van der Waals surface area contributed by atoms with Crippen molar-refractivity contribution in [2.75, 3.05) is 0 Å². The number of primary amides is 4. The van der Waals surface area contributed by atoms with Gasteiger partial charge in [0.25, 0.3) is 0 Å². The predicted octanol–water partition coefficient (Wildman–Crippen LogP) is 0.912. The fraction of sp³-hybridized carbons (Fsp3) is 0.0870. The van der Waals surface area contributed by atoms with E-state index in [1.54, 1.807) is 12.2 Å². The first-order chi connectivity index (χ1) is 15.1. The number of hydrogen-bond donors (Lipinski definition) is 4. The summed E-state index contributed by atoms with van der Waals surface area (Å²) >= 11 is 0. The minimum Gasteiger partial charge on any atom is -0.366 e. The summed E-state index contributed by atoms with van der Waals surface area (Å²) in [5.41, 5.74) is 23.3. The largest absolute Gasteiger partial charge is 0.366 e. The van der Waals surface area contributed by atoms with E-state index in [2.05, 4.69) is 0 Å². The average Bonchev–Trinajstić information content (AvgIpc) is 3.07. The zero-order chi connectivity index (χ0) is 23.6. The molecular formula is C23H20N4O5. The summed E-state index contributed by atoms with van der Waals surface area (Å²) in [5, 5.41) is 0. The zero-order valence-electron chi connectivity index (χ0n) is 16.9. The Labute approximate surface area is 182 Å². The van der Waals surface area contributed by atoms with Crippen LogP contribution in [0, 0.1) is 0 Å². The van der Waals surface area contributed by atoms with Gasteiger partial charge in [0.05, 0.1) is 0 Å². The van der Waals surface area contributed by atoms with Crippen LogP contribution in [0.5, 0.6) is 0 Å². The quantitative estimate of drug-likeness (QED) is 0.492. The van der Waals surface area contributed by atoms with Crippen molar-refractivity contribution in [3.8, 4) is 0 Å². The van der Waals surface area contributed by atoms with E-state index in [0.717, 1.165) is 0 Å². The topological polar surface area (TPSA) is 189 Å². The van der Waals surface area contributed by atoms with Crippen molar-refractivity contribution in [1.82, 2.24) is 0 Å². The maximum Gasteiger partial charge on any atom is 0.249 e. The Morgan fingerprint density at radius 2 is 1.00 bits per heavy atom. The lowest BCUT2D eigenvalue weighted by Gasteiger charge is -2.06. The highest BCUT2D eigenvalue weighted by Crippen LogP contribution is 2.31. The number of allylic oxidation sites excluding steroid dienone is 2. The van der Waals surface area contributed by atoms with Gasteiger partial charge in [-0.1, -0.05) is 12.1 Å². The number of ketones is 1. The van der Waals surface area contributed by atoms with Crippen molar-refractivity contribution < 1.29 is 24.0 Å². The Hall–Kier alpha value is -4.53. The molecule has 9 heteroatoms. The molecule has 162 valence electrons. The molecule has 32 heavy (non-hydrogen) atoms. The number of carbonyl (C=O) groups is 5. The molecule has 0 heterocycles. The molecule has 8 N–H and O–H groups in total. The zero-order valence-corrected chi connectivity index (χ0v) is 16.9. The van der Waals surface area contributed by atoms with Crippen LogP contribution >= 0.6 is 0 Å². The van der Waals surface area contributed by atoms with Gasteiger partial charge in [-0.3, -0.25) is 24.0 Å². The van der Waals surface area contributed by atoms with Crippen molar-refractivity contribution >= 4 is 41.6 Å². The van der Waals surface area contributed by atoms with E-state index in [9.17, 15) is 24.0 Å². The lowest BCUT2D eigenvalue weighted by molar-refractivity contribution is -0.111. The van der Waals surface area contributed by atoms with Crippen molar-refractivity contribution in [2.45, 2.75) is 12.8 Å². The summed E-state index contributed by atoms with van der Waals surface area (Å²) in [6.45, 7) is 0. The second-order valence-electron chi connectivity index (χ2n) is 7.23. The van der Waals surface area contributed by atoms with Gasteiger partial charge in [-0.25, -0.2) is 0 Å². The van der Waals surface area contributed by atoms with Crippen LogP contribution in [-0.4, -0.2) is 29.4 Å². The number of rotatable bonds is 6. The molecule has 1 saturated carbocycles. The average molecular weight is 432 g/mol. The normalized spacial score (nSPS) is 15.8. The number of amides is 4. The highest BCUT2D eigenvalue weighted by Gasteiger charge is 2.24. The van der Waals surface area contributed by atoms with Gasteiger partial charge in [-0.2, -0.15) is 0 Å². The fourth-order valence-corrected chi connectivity index (χ4v) is 3.45. The molecule has 0 atom stereocenters. The maximum absolute atomic E-state index is 12.9. The van der Waals surface area contributed by atoms with Crippen LogP contribution in [0.2, 0.25) is 0 Å². The van der Waals surface area contributed by atoms with E-state index in [4.69, 9.17) is 22.9 Å². The third-order valence-electron chi connectivity index (χ3n) is 5.11. The number of nitrogens with two attached hydrogens (primary N) is 4. The van der Waals surface area contributed by atoms with Gasteiger partial charge in [0.15, 0.2) is 5.78 Å². The molecule has 0 spiro atoms. The first-order valence-electron chi connectivity index (χ1n) is 9.51. The van der Waals surface area contributed by atoms with E-state index in [-0.39, 0.29) is 28.0 Å². The monoisotopic (exact) mass is 432 g/mol. The number of Topliss-reactive ketones (excluding diaryl/α,β-unsaturated/α-hetero) is 1. The molecule has 0 unspecified atom stereocenters. The Morgan fingerprint density at radius 3 is 1.31 bits per heavy atom. The Kier molecular flexibility index (Phi) is 6.01. The van der Waals surface area contributed by atoms with Gasteiger partial charge in [-0.05, 0) is 60.4 Å². The van der Waals surface area contributed by atoms with Crippen LogP contribution in [0.3, 0.4) is 0 Å². The van der Waals surface area contributed by atoms with Gasteiger partial charge >= 0.3 is 0 Å². The molecule has 1 aliphatic carbocycles. The highest BCUT2D eigenvalue weighted by molar-refractivity contribution is 6.16. The van der Waals surface area contributed by atoms with Crippen molar-refractivity contribution in [2.24, 2.45) is 22.9 Å². The van der Waals surface area contributed by atoms with Gasteiger partial charge in [0, 0.05) is 33.4 Å². The van der Waals surface area contributed by atoms with Crippen LogP contribution < -0.4 is 22.9 Å². The summed E-state index contributed by atoms with van der Waals surface area (Å²) in [6, 6.07) is 8.44. The van der Waals surface area contributed by atoms with Crippen LogP contribution in [0.15, 0.2) is 47.5 Å². The molecule has 0 bridgehead atoms. The number of carbonyl (C=O) groups excluding carboxylic acids is 5. The van der Waals surface area contributed by atoms with Gasteiger partial charge in [-0.15, -0.1) is 0 Å². The molecule has 0 saturated heterocycles. The van der Waals surface area contributed by atoms with Crippen molar-refractivity contribution in [3.05, 3.63) is 80.9 Å². The smallest absolute Gasteiger partial charge is 0.249 e. The van der Waals surface area contributed by atoms with Crippen LogP contribution in [-0.2, 0) is 4.79 Å². The number of benzene rings is 2. The minimum absolute atomic E-state index is 0.0667. The molecule has 9 nitrogen and oxygen atoms in total. The molecule has 2 aromatic rings. The molecule has 1 fully saturated rings. The third kappa shape index (κ3) is 4.46. The van der Waals surface area contributed by atoms with Crippen LogP contribution in [0.4, 0.5) is 0 Å². The summed E-state index contributed by atoms with van der Waals surface area (Å²) in [4.78, 5) is 59.3. The second-order valence-corrected chi connectivity index (χ2v) is 7.23. The summed E-state index contributed by atoms with van der Waals surface area (Å²) < 4.78 is 0. The molecule has 4 amide bonds. The van der Waals surface area contributed by atoms with E-state index in [0.29, 0.717) is 35.1 Å². The van der Waals surface area contributed by atoms with E-state index in [1.165, 1.54) is 36.4 Å². The minimum atomic E-state index is -0.762. The SMILES string of the molecule is NC(=O)c1ccc(C=C2CCC(=Cc3ccc(C(N)=O)cc3C(N)=O)C2=O)c(C(N)=O)c1. The first-order valence-corrected chi connectivity index (χ1v) is 9.51. The third-order valence-corrected chi connectivity index (χ3v) is 5.11. The summed E-state index contributed by atoms with van der Waals surface area (Å²) in [7, 11) is 0. The Balaban J connectivity index is 1.98.